The summed E-state index contributed by atoms with van der Waals surface area (Å²) in [5, 5.41) is 3.37. The van der Waals surface area contributed by atoms with Crippen LogP contribution < -0.4 is 10.2 Å². The molecule has 6 heteroatoms. The van der Waals surface area contributed by atoms with Crippen LogP contribution in [0.5, 0.6) is 0 Å². The van der Waals surface area contributed by atoms with Crippen molar-refractivity contribution in [2.75, 3.05) is 51.7 Å². The summed E-state index contributed by atoms with van der Waals surface area (Å²) in [5.74, 6) is 1.49. The number of anilines is 1. The third-order valence-electron chi connectivity index (χ3n) is 7.65. The van der Waals surface area contributed by atoms with Gasteiger partial charge in [0.25, 0.3) is 5.91 Å². The standard InChI is InChI=1S/C24H36N4O2/c1-5-17(2)14-27-15-20-21(16-27)24(25-22(20)29)10-12-28(13-11-24)23(30)18-6-8-19(9-7-18)26(3)4/h6-9,17,20-21H,5,10-16H2,1-4H3,(H,25,29)/t17-,20-,21+/m1/s1. The zero-order chi connectivity index (χ0) is 21.5. The van der Waals surface area contributed by atoms with Crippen LogP contribution in [0.4, 0.5) is 5.69 Å². The van der Waals surface area contributed by atoms with E-state index >= 15 is 0 Å². The van der Waals surface area contributed by atoms with Crippen LogP contribution in [0.15, 0.2) is 24.3 Å². The third-order valence-corrected chi connectivity index (χ3v) is 7.65. The average molecular weight is 413 g/mol. The molecule has 0 aromatic heterocycles. The number of rotatable bonds is 5. The van der Waals surface area contributed by atoms with Gasteiger partial charge in [0.05, 0.1) is 5.92 Å². The van der Waals surface area contributed by atoms with E-state index in [2.05, 4.69) is 24.1 Å². The number of benzene rings is 1. The second-order valence-corrected chi connectivity index (χ2v) is 9.82. The van der Waals surface area contributed by atoms with Crippen molar-refractivity contribution in [1.29, 1.82) is 0 Å². The fourth-order valence-electron chi connectivity index (χ4n) is 5.55. The first-order valence-corrected chi connectivity index (χ1v) is 11.4. The number of carbonyl (C=O) groups excluding carboxylic acids is 2. The van der Waals surface area contributed by atoms with Crippen LogP contribution in [0.1, 0.15) is 43.5 Å². The lowest BCUT2D eigenvalue weighted by molar-refractivity contribution is -0.123. The minimum Gasteiger partial charge on any atom is -0.378 e. The topological polar surface area (TPSA) is 55.9 Å². The zero-order valence-corrected chi connectivity index (χ0v) is 18.9. The fraction of sp³-hybridized carbons (Fsp3) is 0.667. The Labute approximate surface area is 180 Å². The highest BCUT2D eigenvalue weighted by atomic mass is 16.2. The molecule has 3 aliphatic heterocycles. The molecular formula is C24H36N4O2. The quantitative estimate of drug-likeness (QED) is 0.807. The van der Waals surface area contributed by atoms with Gasteiger partial charge in [-0.25, -0.2) is 0 Å². The molecule has 3 atom stereocenters. The Morgan fingerprint density at radius 1 is 1.20 bits per heavy atom. The summed E-state index contributed by atoms with van der Waals surface area (Å²) >= 11 is 0. The van der Waals surface area contributed by atoms with Crippen LogP contribution in [0.2, 0.25) is 0 Å². The van der Waals surface area contributed by atoms with Crippen LogP contribution in [0, 0.1) is 17.8 Å². The molecule has 1 N–H and O–H groups in total. The van der Waals surface area contributed by atoms with E-state index < -0.39 is 0 Å². The van der Waals surface area contributed by atoms with Gasteiger partial charge in [-0.2, -0.15) is 0 Å². The highest BCUT2D eigenvalue weighted by molar-refractivity contribution is 5.94. The predicted octanol–water partition coefficient (Wildman–Crippen LogP) is 2.45. The highest BCUT2D eigenvalue weighted by Crippen LogP contribution is 2.44. The number of nitrogens with one attached hydrogen (secondary N) is 1. The van der Waals surface area contributed by atoms with E-state index in [1.807, 2.05) is 48.2 Å². The van der Waals surface area contributed by atoms with Gasteiger partial charge in [-0.1, -0.05) is 20.3 Å². The number of fused-ring (bicyclic) bond motifs is 2. The number of piperidine rings is 1. The van der Waals surface area contributed by atoms with Crippen molar-refractivity contribution in [3.05, 3.63) is 29.8 Å². The molecule has 1 spiro atoms. The molecule has 0 aliphatic carbocycles. The summed E-state index contributed by atoms with van der Waals surface area (Å²) in [6.07, 6.45) is 2.90. The Morgan fingerprint density at radius 3 is 2.47 bits per heavy atom. The average Bonchev–Trinajstić information content (AvgIpc) is 3.27. The molecule has 0 bridgehead atoms. The first-order valence-electron chi connectivity index (χ1n) is 11.4. The molecule has 3 fully saturated rings. The Bertz CT molecular complexity index is 783. The molecule has 3 heterocycles. The predicted molar refractivity (Wildman–Crippen MR) is 120 cm³/mol. The molecule has 2 amide bonds. The van der Waals surface area contributed by atoms with Crippen molar-refractivity contribution in [3.8, 4) is 0 Å². The van der Waals surface area contributed by atoms with Gasteiger partial charge in [0.1, 0.15) is 0 Å². The van der Waals surface area contributed by atoms with Gasteiger partial charge in [-0.15, -0.1) is 0 Å². The van der Waals surface area contributed by atoms with Crippen molar-refractivity contribution in [1.82, 2.24) is 15.1 Å². The number of likely N-dealkylation sites (tertiary alicyclic amines) is 2. The van der Waals surface area contributed by atoms with E-state index in [-0.39, 0.29) is 23.3 Å². The maximum atomic E-state index is 13.0. The number of amides is 2. The Morgan fingerprint density at radius 2 is 1.87 bits per heavy atom. The SMILES string of the molecule is CC[C@@H](C)CN1C[C@H]2C(=O)NC3(CCN(C(=O)c4ccc(N(C)C)cc4)CC3)[C@H]2C1. The molecular weight excluding hydrogens is 376 g/mol. The van der Waals surface area contributed by atoms with Gasteiger partial charge in [0.15, 0.2) is 0 Å². The molecule has 3 saturated heterocycles. The lowest BCUT2D eigenvalue weighted by Gasteiger charge is -2.43. The van der Waals surface area contributed by atoms with Gasteiger partial charge in [-0.05, 0) is 43.0 Å². The van der Waals surface area contributed by atoms with Gasteiger partial charge < -0.3 is 20.0 Å². The van der Waals surface area contributed by atoms with Crippen molar-refractivity contribution in [2.24, 2.45) is 17.8 Å². The molecule has 164 valence electrons. The van der Waals surface area contributed by atoms with Crippen molar-refractivity contribution < 1.29 is 9.59 Å². The van der Waals surface area contributed by atoms with E-state index in [1.165, 1.54) is 6.42 Å². The third kappa shape index (κ3) is 3.82. The van der Waals surface area contributed by atoms with Crippen LogP contribution in [0.25, 0.3) is 0 Å². The normalized spacial score (nSPS) is 26.5. The van der Waals surface area contributed by atoms with Crippen LogP contribution in [0.3, 0.4) is 0 Å². The summed E-state index contributed by atoms with van der Waals surface area (Å²) < 4.78 is 0. The van der Waals surface area contributed by atoms with E-state index in [1.54, 1.807) is 0 Å². The van der Waals surface area contributed by atoms with Crippen molar-refractivity contribution in [2.45, 2.75) is 38.6 Å². The monoisotopic (exact) mass is 412 g/mol. The van der Waals surface area contributed by atoms with E-state index in [0.29, 0.717) is 24.9 Å². The molecule has 0 radical (unpaired) electrons. The summed E-state index contributed by atoms with van der Waals surface area (Å²) in [6, 6.07) is 7.81. The number of nitrogens with zero attached hydrogens (tertiary/aromatic N) is 3. The molecule has 1 aromatic carbocycles. The second kappa shape index (κ2) is 8.22. The Kier molecular flexibility index (Phi) is 5.80. The molecule has 4 rings (SSSR count). The summed E-state index contributed by atoms with van der Waals surface area (Å²) in [7, 11) is 3.99. The Balaban J connectivity index is 1.40. The van der Waals surface area contributed by atoms with Gasteiger partial charge in [0.2, 0.25) is 5.91 Å². The zero-order valence-electron chi connectivity index (χ0n) is 18.9. The minimum absolute atomic E-state index is 0.0980. The second-order valence-electron chi connectivity index (χ2n) is 9.82. The van der Waals surface area contributed by atoms with Gasteiger partial charge in [-0.3, -0.25) is 9.59 Å². The lowest BCUT2D eigenvalue weighted by atomic mass is 9.75. The van der Waals surface area contributed by atoms with Gasteiger partial charge >= 0.3 is 0 Å². The van der Waals surface area contributed by atoms with Gasteiger partial charge in [0, 0.05) is 69.5 Å². The van der Waals surface area contributed by atoms with Crippen molar-refractivity contribution in [3.63, 3.8) is 0 Å². The molecule has 6 nitrogen and oxygen atoms in total. The fourth-order valence-corrected chi connectivity index (χ4v) is 5.55. The first-order chi connectivity index (χ1) is 14.3. The smallest absolute Gasteiger partial charge is 0.253 e. The van der Waals surface area contributed by atoms with Crippen LogP contribution >= 0.6 is 0 Å². The largest absolute Gasteiger partial charge is 0.378 e. The maximum Gasteiger partial charge on any atom is 0.253 e. The van der Waals surface area contributed by atoms with E-state index in [4.69, 9.17) is 0 Å². The molecule has 0 saturated carbocycles. The van der Waals surface area contributed by atoms with Crippen LogP contribution in [-0.4, -0.2) is 74.0 Å². The van der Waals surface area contributed by atoms with E-state index in [9.17, 15) is 9.59 Å². The Hall–Kier alpha value is -2.08. The van der Waals surface area contributed by atoms with E-state index in [0.717, 1.165) is 43.7 Å². The summed E-state index contributed by atoms with van der Waals surface area (Å²) in [6.45, 7) is 8.93. The molecule has 0 unspecified atom stereocenters. The summed E-state index contributed by atoms with van der Waals surface area (Å²) in [5.41, 5.74) is 1.70. The lowest BCUT2D eigenvalue weighted by Crippen LogP contribution is -2.56. The summed E-state index contributed by atoms with van der Waals surface area (Å²) in [4.78, 5) is 32.2. The van der Waals surface area contributed by atoms with Crippen molar-refractivity contribution >= 4 is 17.5 Å². The number of carbonyl (C=O) groups is 2. The highest BCUT2D eigenvalue weighted by Gasteiger charge is 2.57. The molecule has 30 heavy (non-hydrogen) atoms. The number of hydrogen-bond donors (Lipinski definition) is 1. The first kappa shape index (κ1) is 21.2. The van der Waals surface area contributed by atoms with Crippen LogP contribution in [-0.2, 0) is 4.79 Å². The minimum atomic E-state index is -0.127. The number of hydrogen-bond acceptors (Lipinski definition) is 4. The maximum absolute atomic E-state index is 13.0. The molecule has 1 aromatic rings. The molecule has 3 aliphatic rings.